The lowest BCUT2D eigenvalue weighted by molar-refractivity contribution is 0.297. The molecule has 0 radical (unpaired) electrons. The Bertz CT molecular complexity index is 372. The highest BCUT2D eigenvalue weighted by molar-refractivity contribution is 6.45. The topological polar surface area (TPSA) is 37.2 Å². The van der Waals surface area contributed by atoms with Gasteiger partial charge in [0, 0.05) is 27.2 Å². The average molecular weight is 279 g/mol. The zero-order chi connectivity index (χ0) is 14.8. The summed E-state index contributed by atoms with van der Waals surface area (Å²) in [4.78, 5) is 11.0. The zero-order valence-electron chi connectivity index (χ0n) is 13.5. The van der Waals surface area contributed by atoms with Crippen LogP contribution < -0.4 is 0 Å². The second-order valence-electron chi connectivity index (χ2n) is 5.27. The molecule has 0 aromatic rings. The van der Waals surface area contributed by atoms with Gasteiger partial charge in [-0.1, -0.05) is 32.3 Å². The summed E-state index contributed by atoms with van der Waals surface area (Å²) in [6.07, 6.45) is 8.15. The van der Waals surface area contributed by atoms with Gasteiger partial charge in [0.2, 0.25) is 5.90 Å². The minimum Gasteiger partial charge on any atom is -0.476 e. The van der Waals surface area contributed by atoms with Gasteiger partial charge in [0.25, 0.3) is 0 Å². The van der Waals surface area contributed by atoms with Crippen molar-refractivity contribution in [1.82, 2.24) is 4.90 Å². The molecule has 1 rings (SSSR count). The highest BCUT2D eigenvalue weighted by atomic mass is 16.5. The number of hydrogen-bond acceptors (Lipinski definition) is 4. The first-order chi connectivity index (χ1) is 9.72. The predicted octanol–water partition coefficient (Wildman–Crippen LogP) is 2.94. The highest BCUT2D eigenvalue weighted by Gasteiger charge is 2.18. The zero-order valence-corrected chi connectivity index (χ0v) is 13.5. The molecule has 114 valence electrons. The first kappa shape index (κ1) is 16.9. The van der Waals surface area contributed by atoms with E-state index in [1.165, 1.54) is 24.8 Å². The molecular formula is C16H29N3O. The van der Waals surface area contributed by atoms with Gasteiger partial charge in [0.1, 0.15) is 5.71 Å². The Kier molecular flexibility index (Phi) is 8.19. The summed E-state index contributed by atoms with van der Waals surface area (Å²) in [7, 11) is 5.73. The van der Waals surface area contributed by atoms with Crippen LogP contribution in [0.1, 0.15) is 39.0 Å². The van der Waals surface area contributed by atoms with Crippen molar-refractivity contribution in [3.63, 3.8) is 0 Å². The van der Waals surface area contributed by atoms with E-state index in [0.717, 1.165) is 38.2 Å². The molecule has 4 heteroatoms. The summed E-state index contributed by atoms with van der Waals surface area (Å²) >= 11 is 0. The van der Waals surface area contributed by atoms with Gasteiger partial charge < -0.3 is 9.64 Å². The number of aliphatic imine (C=N–C) groups is 2. The van der Waals surface area contributed by atoms with Gasteiger partial charge in [0.05, 0.1) is 6.61 Å². The van der Waals surface area contributed by atoms with Gasteiger partial charge in [-0.3, -0.25) is 9.98 Å². The molecule has 0 aliphatic carbocycles. The number of hydrogen-bond donors (Lipinski definition) is 0. The van der Waals surface area contributed by atoms with Gasteiger partial charge in [-0.15, -0.1) is 0 Å². The molecule has 0 spiro atoms. The maximum Gasteiger partial charge on any atom is 0.234 e. The van der Waals surface area contributed by atoms with E-state index < -0.39 is 0 Å². The molecule has 0 unspecified atom stereocenters. The summed E-state index contributed by atoms with van der Waals surface area (Å²) in [5, 5.41) is 0. The van der Waals surface area contributed by atoms with Crippen molar-refractivity contribution in [2.45, 2.75) is 39.0 Å². The molecule has 0 aromatic heterocycles. The van der Waals surface area contributed by atoms with Crippen LogP contribution >= 0.6 is 0 Å². The van der Waals surface area contributed by atoms with E-state index in [0.29, 0.717) is 5.90 Å². The molecule has 4 nitrogen and oxygen atoms in total. The summed E-state index contributed by atoms with van der Waals surface area (Å²) in [6.45, 7) is 4.98. The van der Waals surface area contributed by atoms with E-state index in [-0.39, 0.29) is 0 Å². The molecule has 1 aliphatic heterocycles. The number of nitrogens with zero attached hydrogens (tertiary/aromatic N) is 3. The van der Waals surface area contributed by atoms with E-state index in [1.807, 2.05) is 7.05 Å². The quantitative estimate of drug-likeness (QED) is 0.408. The second kappa shape index (κ2) is 9.70. The second-order valence-corrected chi connectivity index (χ2v) is 5.27. The van der Waals surface area contributed by atoms with Gasteiger partial charge >= 0.3 is 0 Å². The molecule has 1 aliphatic rings. The largest absolute Gasteiger partial charge is 0.476 e. The van der Waals surface area contributed by atoms with Crippen LogP contribution in [-0.2, 0) is 4.74 Å². The Morgan fingerprint density at radius 1 is 1.25 bits per heavy atom. The van der Waals surface area contributed by atoms with Crippen LogP contribution in [0.25, 0.3) is 0 Å². The first-order valence-electron chi connectivity index (χ1n) is 7.67. The Morgan fingerprint density at radius 3 is 2.65 bits per heavy atom. The summed E-state index contributed by atoms with van der Waals surface area (Å²) < 4.78 is 5.84. The third-order valence-electron chi connectivity index (χ3n) is 3.51. The molecule has 0 N–H and O–H groups in total. The van der Waals surface area contributed by atoms with Crippen LogP contribution in [-0.4, -0.2) is 57.3 Å². The number of unbranched alkanes of at least 4 members (excludes halogenated alkanes) is 3. The molecule has 20 heavy (non-hydrogen) atoms. The van der Waals surface area contributed by atoms with Crippen molar-refractivity contribution in [1.29, 1.82) is 0 Å². The van der Waals surface area contributed by atoms with E-state index in [4.69, 9.17) is 4.74 Å². The van der Waals surface area contributed by atoms with E-state index in [2.05, 4.69) is 34.9 Å². The van der Waals surface area contributed by atoms with E-state index in [1.54, 1.807) is 7.05 Å². The standard InChI is InChI=1S/C16H29N3O/c1-5-6-7-8-12-20-16(18-3)15(17-2)14-10-9-11-19(4)13-14/h10H,5-9,11-13H2,1-4H3. The Hall–Kier alpha value is -1.16. The minimum atomic E-state index is 0.686. The fraction of sp³-hybridized carbons (Fsp3) is 0.750. The first-order valence-corrected chi connectivity index (χ1v) is 7.67. The molecule has 0 amide bonds. The Balaban J connectivity index is 2.56. The molecule has 1 heterocycles. The van der Waals surface area contributed by atoms with E-state index >= 15 is 0 Å². The molecular weight excluding hydrogens is 250 g/mol. The van der Waals surface area contributed by atoms with Crippen molar-refractivity contribution in [3.8, 4) is 0 Å². The number of ether oxygens (including phenoxy) is 1. The fourth-order valence-electron chi connectivity index (χ4n) is 2.38. The van der Waals surface area contributed by atoms with Gasteiger partial charge in [-0.2, -0.15) is 0 Å². The highest BCUT2D eigenvalue weighted by Crippen LogP contribution is 2.12. The predicted molar refractivity (Wildman–Crippen MR) is 87.0 cm³/mol. The van der Waals surface area contributed by atoms with Crippen LogP contribution in [0.5, 0.6) is 0 Å². The average Bonchev–Trinajstić information content (AvgIpc) is 2.46. The number of likely N-dealkylation sites (N-methyl/N-ethyl adjacent to an activating group) is 1. The van der Waals surface area contributed by atoms with Crippen LogP contribution in [0.4, 0.5) is 0 Å². The molecule has 0 fully saturated rings. The lowest BCUT2D eigenvalue weighted by Crippen LogP contribution is -2.32. The minimum absolute atomic E-state index is 0.686. The molecule has 0 saturated carbocycles. The molecule has 0 bridgehead atoms. The van der Waals surface area contributed by atoms with Gasteiger partial charge in [-0.05, 0) is 25.5 Å². The van der Waals surface area contributed by atoms with Crippen molar-refractivity contribution in [2.75, 3.05) is 40.8 Å². The van der Waals surface area contributed by atoms with Crippen molar-refractivity contribution in [2.24, 2.45) is 9.98 Å². The van der Waals surface area contributed by atoms with Crippen LogP contribution in [0.2, 0.25) is 0 Å². The molecule has 0 saturated heterocycles. The summed E-state index contributed by atoms with van der Waals surface area (Å²) in [5.41, 5.74) is 2.14. The van der Waals surface area contributed by atoms with Crippen molar-refractivity contribution in [3.05, 3.63) is 11.6 Å². The third kappa shape index (κ3) is 5.45. The smallest absolute Gasteiger partial charge is 0.234 e. The van der Waals surface area contributed by atoms with E-state index in [9.17, 15) is 0 Å². The molecule has 0 atom stereocenters. The third-order valence-corrected chi connectivity index (χ3v) is 3.51. The maximum absolute atomic E-state index is 5.84. The molecule has 0 aromatic carbocycles. The normalized spacial score (nSPS) is 18.1. The Labute approximate surface area is 123 Å². The summed E-state index contributed by atoms with van der Waals surface area (Å²) in [6, 6.07) is 0. The van der Waals surface area contributed by atoms with Crippen LogP contribution in [0.15, 0.2) is 21.6 Å². The van der Waals surface area contributed by atoms with Crippen LogP contribution in [0, 0.1) is 0 Å². The fourth-order valence-corrected chi connectivity index (χ4v) is 2.38. The monoisotopic (exact) mass is 279 g/mol. The van der Waals surface area contributed by atoms with Crippen molar-refractivity contribution >= 4 is 11.6 Å². The van der Waals surface area contributed by atoms with Crippen molar-refractivity contribution < 1.29 is 4.74 Å². The summed E-state index contributed by atoms with van der Waals surface area (Å²) in [5.74, 6) is 0.686. The number of rotatable bonds is 7. The van der Waals surface area contributed by atoms with Crippen LogP contribution in [0.3, 0.4) is 0 Å². The lowest BCUT2D eigenvalue weighted by Gasteiger charge is -2.24. The maximum atomic E-state index is 5.84. The van der Waals surface area contributed by atoms with Gasteiger partial charge in [-0.25, -0.2) is 0 Å². The lowest BCUT2D eigenvalue weighted by atomic mass is 10.0. The SMILES string of the molecule is CCCCCCOC(=NC)C(=NC)C1=CCCN(C)C1. The van der Waals surface area contributed by atoms with Gasteiger partial charge in [0.15, 0.2) is 0 Å². The Morgan fingerprint density at radius 2 is 2.05 bits per heavy atom.